The Hall–Kier alpha value is -4.40. The summed E-state index contributed by atoms with van der Waals surface area (Å²) in [6.45, 7) is 1.87. The molecule has 0 aliphatic carbocycles. The van der Waals surface area contributed by atoms with Gasteiger partial charge in [0.05, 0.1) is 21.6 Å². The fourth-order valence-electron chi connectivity index (χ4n) is 4.93. The van der Waals surface area contributed by atoms with Crippen molar-refractivity contribution in [3.05, 3.63) is 81.4 Å². The molecular weight excluding hydrogens is 438 g/mol. The summed E-state index contributed by atoms with van der Waals surface area (Å²) in [5.74, 6) is -1.86. The van der Waals surface area contributed by atoms with Gasteiger partial charge in [-0.05, 0) is 42.0 Å². The fourth-order valence-corrected chi connectivity index (χ4v) is 4.93. The molecule has 0 unspecified atom stereocenters. The van der Waals surface area contributed by atoms with Gasteiger partial charge < -0.3 is 0 Å². The summed E-state index contributed by atoms with van der Waals surface area (Å²) in [6.07, 6.45) is 1.07. The van der Waals surface area contributed by atoms with Gasteiger partial charge >= 0.3 is 0 Å². The van der Waals surface area contributed by atoms with Gasteiger partial charge in [0, 0.05) is 29.5 Å². The number of nitrogens with zero attached hydrogens (tertiary/aromatic N) is 2. The summed E-state index contributed by atoms with van der Waals surface area (Å²) >= 11 is 0. The molecule has 34 heavy (non-hydrogen) atoms. The van der Waals surface area contributed by atoms with Crippen molar-refractivity contribution in [1.82, 2.24) is 5.32 Å². The summed E-state index contributed by atoms with van der Waals surface area (Å²) in [5, 5.41) is 14.6. The highest BCUT2D eigenvalue weighted by Crippen LogP contribution is 2.39. The van der Waals surface area contributed by atoms with E-state index in [2.05, 4.69) is 5.32 Å². The quantitative estimate of drug-likeness (QED) is 0.362. The third kappa shape index (κ3) is 3.01. The van der Waals surface area contributed by atoms with Crippen LogP contribution in [0.25, 0.3) is 10.8 Å². The second-order valence-corrected chi connectivity index (χ2v) is 8.46. The lowest BCUT2D eigenvalue weighted by molar-refractivity contribution is -0.384. The van der Waals surface area contributed by atoms with Gasteiger partial charge in [-0.2, -0.15) is 0 Å². The van der Waals surface area contributed by atoms with Crippen LogP contribution in [-0.2, 0) is 15.0 Å². The van der Waals surface area contributed by atoms with Crippen LogP contribution in [0.5, 0.6) is 0 Å². The van der Waals surface area contributed by atoms with Crippen LogP contribution < -0.4 is 10.2 Å². The van der Waals surface area contributed by atoms with Gasteiger partial charge in [0.2, 0.25) is 11.8 Å². The van der Waals surface area contributed by atoms with Gasteiger partial charge in [-0.15, -0.1) is 0 Å². The number of anilines is 1. The zero-order valence-electron chi connectivity index (χ0n) is 18.2. The molecule has 9 nitrogen and oxygen atoms in total. The molecule has 2 heterocycles. The molecule has 0 spiro atoms. The molecular formula is C25H19N3O6. The molecule has 2 aliphatic heterocycles. The van der Waals surface area contributed by atoms with Crippen molar-refractivity contribution >= 4 is 45.8 Å². The van der Waals surface area contributed by atoms with Crippen molar-refractivity contribution in [1.29, 1.82) is 0 Å². The lowest BCUT2D eigenvalue weighted by Gasteiger charge is -2.35. The van der Waals surface area contributed by atoms with Gasteiger partial charge in [-0.3, -0.25) is 34.6 Å². The third-order valence-corrected chi connectivity index (χ3v) is 6.79. The van der Waals surface area contributed by atoms with Crippen molar-refractivity contribution in [2.75, 3.05) is 4.90 Å². The number of carbonyl (C=O) groups excluding carboxylic acids is 4. The van der Waals surface area contributed by atoms with E-state index in [1.54, 1.807) is 42.5 Å². The number of nitro benzene ring substituents is 1. The number of nitrogens with one attached hydrogen (secondary N) is 1. The Kier molecular flexibility index (Phi) is 4.78. The number of carbonyl (C=O) groups is 4. The van der Waals surface area contributed by atoms with Crippen LogP contribution in [0, 0.1) is 10.1 Å². The molecule has 0 bridgehead atoms. The van der Waals surface area contributed by atoms with Crippen LogP contribution in [0.1, 0.15) is 52.5 Å². The summed E-state index contributed by atoms with van der Waals surface area (Å²) in [5.41, 5.74) is 0.215. The van der Waals surface area contributed by atoms with Crippen LogP contribution in [0.3, 0.4) is 0 Å². The molecule has 1 atom stereocenters. The highest BCUT2D eigenvalue weighted by atomic mass is 16.6. The predicted octanol–water partition coefficient (Wildman–Crippen LogP) is 3.63. The third-order valence-electron chi connectivity index (χ3n) is 6.79. The van der Waals surface area contributed by atoms with E-state index in [9.17, 15) is 29.3 Å². The van der Waals surface area contributed by atoms with E-state index < -0.39 is 22.2 Å². The van der Waals surface area contributed by atoms with E-state index in [-0.39, 0.29) is 40.7 Å². The Bertz CT molecular complexity index is 1430. The van der Waals surface area contributed by atoms with Gasteiger partial charge in [-0.1, -0.05) is 31.2 Å². The van der Waals surface area contributed by atoms with Crippen molar-refractivity contribution in [2.24, 2.45) is 0 Å². The monoisotopic (exact) mass is 457 g/mol. The maximum absolute atomic E-state index is 13.4. The lowest BCUT2D eigenvalue weighted by Crippen LogP contribution is -2.51. The summed E-state index contributed by atoms with van der Waals surface area (Å²) in [7, 11) is 0. The summed E-state index contributed by atoms with van der Waals surface area (Å²) < 4.78 is 0. The number of amides is 4. The molecule has 1 N–H and O–H groups in total. The van der Waals surface area contributed by atoms with Gasteiger partial charge in [0.25, 0.3) is 17.5 Å². The molecule has 9 heteroatoms. The molecule has 170 valence electrons. The number of imide groups is 2. The molecule has 3 aromatic carbocycles. The number of rotatable bonds is 4. The number of non-ortho nitro benzene ring substituents is 1. The number of benzene rings is 3. The SMILES string of the molecule is CC[C@@]1(c2ccc(N3C(=O)c4cccc5cc([N+](=O)[O-])cc(c45)C3=O)cc2)CCC(=O)NC1=O. The number of nitro groups is 1. The summed E-state index contributed by atoms with van der Waals surface area (Å²) in [4.78, 5) is 62.8. The number of hydrogen-bond donors (Lipinski definition) is 1. The topological polar surface area (TPSA) is 127 Å². The van der Waals surface area contributed by atoms with Gasteiger partial charge in [0.1, 0.15) is 0 Å². The highest BCUT2D eigenvalue weighted by Gasteiger charge is 2.43. The van der Waals surface area contributed by atoms with E-state index in [4.69, 9.17) is 0 Å². The first kappa shape index (κ1) is 21.4. The largest absolute Gasteiger partial charge is 0.296 e. The van der Waals surface area contributed by atoms with Crippen molar-refractivity contribution in [3.63, 3.8) is 0 Å². The smallest absolute Gasteiger partial charge is 0.270 e. The first-order chi connectivity index (χ1) is 16.3. The van der Waals surface area contributed by atoms with Crippen molar-refractivity contribution in [3.8, 4) is 0 Å². The minimum Gasteiger partial charge on any atom is -0.296 e. The van der Waals surface area contributed by atoms with E-state index in [0.717, 1.165) is 4.90 Å². The Labute approximate surface area is 193 Å². The average Bonchev–Trinajstić information content (AvgIpc) is 2.83. The molecule has 3 aromatic rings. The molecule has 2 aliphatic rings. The molecule has 5 rings (SSSR count). The maximum Gasteiger partial charge on any atom is 0.270 e. The number of hydrogen-bond acceptors (Lipinski definition) is 6. The van der Waals surface area contributed by atoms with Gasteiger partial charge in [-0.25, -0.2) is 4.90 Å². The molecule has 1 fully saturated rings. The van der Waals surface area contributed by atoms with E-state index >= 15 is 0 Å². The molecule has 0 radical (unpaired) electrons. The Balaban J connectivity index is 1.58. The summed E-state index contributed by atoms with van der Waals surface area (Å²) in [6, 6.07) is 13.9. The second kappa shape index (κ2) is 7.58. The molecule has 0 saturated carbocycles. The highest BCUT2D eigenvalue weighted by molar-refractivity contribution is 6.36. The standard InChI is InChI=1S/C25H19N3O6/c1-2-25(11-10-20(29)26-24(25)32)15-6-8-16(9-7-15)27-22(30)18-5-3-4-14-12-17(28(33)34)13-19(21(14)18)23(27)31/h3-9,12-13H,2,10-11H2,1H3,(H,26,29,32)/t25-/m0/s1. The van der Waals surface area contributed by atoms with E-state index in [1.807, 2.05) is 6.92 Å². The Morgan fingerprint density at radius 1 is 1.00 bits per heavy atom. The first-order valence-electron chi connectivity index (χ1n) is 10.8. The van der Waals surface area contributed by atoms with Crippen molar-refractivity contribution in [2.45, 2.75) is 31.6 Å². The van der Waals surface area contributed by atoms with Crippen LogP contribution in [0.15, 0.2) is 54.6 Å². The average molecular weight is 457 g/mol. The van der Waals surface area contributed by atoms with Crippen LogP contribution in [0.2, 0.25) is 0 Å². The Morgan fingerprint density at radius 2 is 1.71 bits per heavy atom. The molecule has 1 saturated heterocycles. The van der Waals surface area contributed by atoms with Crippen LogP contribution in [0.4, 0.5) is 11.4 Å². The zero-order valence-corrected chi connectivity index (χ0v) is 18.2. The number of piperidine rings is 1. The minimum absolute atomic E-state index is 0.0821. The van der Waals surface area contributed by atoms with Crippen LogP contribution in [-0.4, -0.2) is 28.6 Å². The second-order valence-electron chi connectivity index (χ2n) is 8.46. The van der Waals surface area contributed by atoms with Crippen LogP contribution >= 0.6 is 0 Å². The predicted molar refractivity (Wildman–Crippen MR) is 123 cm³/mol. The lowest BCUT2D eigenvalue weighted by atomic mass is 9.72. The van der Waals surface area contributed by atoms with Gasteiger partial charge in [0.15, 0.2) is 0 Å². The van der Waals surface area contributed by atoms with Crippen molar-refractivity contribution < 1.29 is 24.1 Å². The zero-order chi connectivity index (χ0) is 24.2. The van der Waals surface area contributed by atoms with E-state index in [1.165, 1.54) is 12.1 Å². The first-order valence-corrected chi connectivity index (χ1v) is 10.8. The fraction of sp³-hybridized carbons (Fsp3) is 0.200. The maximum atomic E-state index is 13.4. The van der Waals surface area contributed by atoms with E-state index in [0.29, 0.717) is 29.2 Å². The Morgan fingerprint density at radius 3 is 2.35 bits per heavy atom. The normalized spacial score (nSPS) is 20.0. The molecule has 0 aromatic heterocycles. The minimum atomic E-state index is -0.874. The molecule has 4 amide bonds.